The third-order valence-electron chi connectivity index (χ3n) is 6.28. The lowest BCUT2D eigenvalue weighted by atomic mass is 10.1. The molecule has 2 atom stereocenters. The molecule has 40 heavy (non-hydrogen) atoms. The number of amides is 2. The highest BCUT2D eigenvalue weighted by Crippen LogP contribution is 2.34. The van der Waals surface area contributed by atoms with Crippen LogP contribution in [0.5, 0.6) is 5.75 Å². The number of fused-ring (bicyclic) bond motifs is 2. The molecular weight excluding hydrogens is 554 g/mol. The first-order valence-corrected chi connectivity index (χ1v) is 12.0. The van der Waals surface area contributed by atoms with Gasteiger partial charge in [-0.1, -0.05) is 0 Å². The number of piperazine rings is 1. The molecule has 2 amide bonds. The molecule has 4 heterocycles. The average Bonchev–Trinajstić information content (AvgIpc) is 3.01. The van der Waals surface area contributed by atoms with E-state index < -0.39 is 52.7 Å². The van der Waals surface area contributed by atoms with Gasteiger partial charge in [0.1, 0.15) is 12.2 Å². The van der Waals surface area contributed by atoms with Gasteiger partial charge in [0.15, 0.2) is 11.4 Å². The minimum Gasteiger partial charge on any atom is -0.489 e. The molecule has 0 bridgehead atoms. The maximum Gasteiger partial charge on any atom is 0.423 e. The summed E-state index contributed by atoms with van der Waals surface area (Å²) in [5.74, 6) is -1.18. The Bertz CT molecular complexity index is 1320. The van der Waals surface area contributed by atoms with Crippen molar-refractivity contribution in [2.45, 2.75) is 37.8 Å². The zero-order chi connectivity index (χ0) is 29.2. The maximum absolute atomic E-state index is 13.2. The number of pyridine rings is 1. The molecule has 0 aromatic carbocycles. The third kappa shape index (κ3) is 6.46. The molecule has 11 nitrogen and oxygen atoms in total. The lowest BCUT2D eigenvalue weighted by molar-refractivity contribution is -0.138. The van der Waals surface area contributed by atoms with Crippen molar-refractivity contribution < 1.29 is 45.4 Å². The second kappa shape index (κ2) is 11.3. The first kappa shape index (κ1) is 29.1. The number of alkyl halides is 6. The lowest BCUT2D eigenvalue weighted by Crippen LogP contribution is -2.57. The summed E-state index contributed by atoms with van der Waals surface area (Å²) >= 11 is 0. The zero-order valence-electron chi connectivity index (χ0n) is 20.9. The number of halogens is 6. The molecule has 1 saturated heterocycles. The van der Waals surface area contributed by atoms with Crippen molar-refractivity contribution in [1.29, 1.82) is 0 Å². The fourth-order valence-electron chi connectivity index (χ4n) is 4.36. The van der Waals surface area contributed by atoms with E-state index in [1.54, 1.807) is 5.10 Å². The van der Waals surface area contributed by atoms with Crippen LogP contribution in [0.3, 0.4) is 0 Å². The summed E-state index contributed by atoms with van der Waals surface area (Å²) in [5.41, 5.74) is -4.58. The van der Waals surface area contributed by atoms with Gasteiger partial charge in [0.25, 0.3) is 11.5 Å². The van der Waals surface area contributed by atoms with Gasteiger partial charge >= 0.3 is 12.4 Å². The predicted molar refractivity (Wildman–Crippen MR) is 125 cm³/mol. The SMILES string of the molecule is CC(COCCC(=O)N1CCN2C(=O)c3ncc(C(F)(F)F)cc3OC[C@H]2C1)Nc1cn[nH]c(=O)c1C(F)(F)F. The van der Waals surface area contributed by atoms with Crippen LogP contribution in [-0.2, 0) is 21.9 Å². The number of ether oxygens (including phenoxy) is 2. The maximum atomic E-state index is 13.2. The topological polar surface area (TPSA) is 130 Å². The van der Waals surface area contributed by atoms with Crippen molar-refractivity contribution >= 4 is 17.5 Å². The number of nitrogens with one attached hydrogen (secondary N) is 2. The Hall–Kier alpha value is -3.89. The van der Waals surface area contributed by atoms with E-state index in [-0.39, 0.29) is 63.2 Å². The van der Waals surface area contributed by atoms with Gasteiger partial charge in [-0.15, -0.1) is 0 Å². The molecule has 2 N–H and O–H groups in total. The quantitative estimate of drug-likeness (QED) is 0.378. The third-order valence-corrected chi connectivity index (χ3v) is 6.28. The van der Waals surface area contributed by atoms with Gasteiger partial charge in [0, 0.05) is 31.9 Å². The average molecular weight is 578 g/mol. The lowest BCUT2D eigenvalue weighted by Gasteiger charge is -2.39. The molecule has 0 spiro atoms. The van der Waals surface area contributed by atoms with Gasteiger partial charge in [-0.2, -0.15) is 31.4 Å². The molecular formula is C23H24F6N6O5. The van der Waals surface area contributed by atoms with Crippen molar-refractivity contribution in [2.75, 3.05) is 44.8 Å². The number of aromatic nitrogens is 3. The summed E-state index contributed by atoms with van der Waals surface area (Å²) in [6.07, 6.45) is -8.20. The Labute approximate surface area is 222 Å². The summed E-state index contributed by atoms with van der Waals surface area (Å²) in [6.45, 7) is 1.62. The first-order valence-electron chi connectivity index (χ1n) is 12.0. The molecule has 0 saturated carbocycles. The number of nitrogens with zero attached hydrogens (tertiary/aromatic N) is 4. The van der Waals surface area contributed by atoms with E-state index in [0.717, 1.165) is 12.3 Å². The van der Waals surface area contributed by atoms with Crippen molar-refractivity contribution in [3.8, 4) is 5.75 Å². The minimum absolute atomic E-state index is 0.0551. The molecule has 2 aromatic rings. The fraction of sp³-hybridized carbons (Fsp3) is 0.522. The van der Waals surface area contributed by atoms with Crippen molar-refractivity contribution in [1.82, 2.24) is 25.0 Å². The number of carbonyl (C=O) groups excluding carboxylic acids is 2. The Morgan fingerprint density at radius 2 is 1.95 bits per heavy atom. The smallest absolute Gasteiger partial charge is 0.423 e. The first-order chi connectivity index (χ1) is 18.8. The van der Waals surface area contributed by atoms with E-state index >= 15 is 0 Å². The van der Waals surface area contributed by atoms with Crippen LogP contribution in [0.1, 0.15) is 35.0 Å². The van der Waals surface area contributed by atoms with E-state index in [4.69, 9.17) is 9.47 Å². The summed E-state index contributed by atoms with van der Waals surface area (Å²) in [4.78, 5) is 43.7. The van der Waals surface area contributed by atoms with Crippen LogP contribution >= 0.6 is 0 Å². The van der Waals surface area contributed by atoms with E-state index in [9.17, 15) is 40.7 Å². The molecule has 0 radical (unpaired) electrons. The van der Waals surface area contributed by atoms with Crippen molar-refractivity contribution in [2.24, 2.45) is 0 Å². The van der Waals surface area contributed by atoms with Crippen molar-refractivity contribution in [3.05, 3.63) is 45.6 Å². The van der Waals surface area contributed by atoms with Crippen LogP contribution < -0.4 is 15.6 Å². The molecule has 218 valence electrons. The largest absolute Gasteiger partial charge is 0.489 e. The second-order valence-corrected chi connectivity index (χ2v) is 9.23. The highest BCUT2D eigenvalue weighted by molar-refractivity contribution is 5.95. The summed E-state index contributed by atoms with van der Waals surface area (Å²) in [7, 11) is 0. The van der Waals surface area contributed by atoms with Gasteiger partial charge in [-0.3, -0.25) is 14.4 Å². The Morgan fingerprint density at radius 1 is 1.20 bits per heavy atom. The van der Waals surface area contributed by atoms with Gasteiger partial charge in [0.2, 0.25) is 5.91 Å². The summed E-state index contributed by atoms with van der Waals surface area (Å²) in [5, 5.41) is 7.64. The normalized spacial score (nSPS) is 18.4. The Morgan fingerprint density at radius 3 is 2.65 bits per heavy atom. The molecule has 2 aromatic heterocycles. The van der Waals surface area contributed by atoms with Crippen LogP contribution in [0.25, 0.3) is 0 Å². The number of hydrogen-bond donors (Lipinski definition) is 2. The van der Waals surface area contributed by atoms with Crippen LogP contribution in [0, 0.1) is 0 Å². The highest BCUT2D eigenvalue weighted by atomic mass is 19.4. The molecule has 2 aliphatic heterocycles. The highest BCUT2D eigenvalue weighted by Gasteiger charge is 2.40. The number of H-pyrrole nitrogens is 1. The molecule has 0 aliphatic carbocycles. The number of rotatable bonds is 7. The van der Waals surface area contributed by atoms with Gasteiger partial charge in [-0.05, 0) is 13.0 Å². The van der Waals surface area contributed by atoms with Gasteiger partial charge in [-0.25, -0.2) is 10.1 Å². The predicted octanol–water partition coefficient (Wildman–Crippen LogP) is 2.16. The van der Waals surface area contributed by atoms with Gasteiger partial charge < -0.3 is 24.6 Å². The van der Waals surface area contributed by atoms with Crippen LogP contribution in [0.15, 0.2) is 23.3 Å². The molecule has 4 rings (SSSR count). The van der Waals surface area contributed by atoms with Crippen LogP contribution in [0.4, 0.5) is 32.0 Å². The van der Waals surface area contributed by atoms with E-state index in [1.807, 2.05) is 0 Å². The summed E-state index contributed by atoms with van der Waals surface area (Å²) in [6, 6.07) is -0.541. The molecule has 1 unspecified atom stereocenters. The molecule has 1 fully saturated rings. The molecule has 2 aliphatic rings. The monoisotopic (exact) mass is 578 g/mol. The Kier molecular flexibility index (Phi) is 8.23. The summed E-state index contributed by atoms with van der Waals surface area (Å²) < 4.78 is 89.5. The zero-order valence-corrected chi connectivity index (χ0v) is 20.9. The number of aromatic amines is 1. The number of hydrogen-bond acceptors (Lipinski definition) is 8. The number of carbonyl (C=O) groups is 2. The minimum atomic E-state index is -4.89. The van der Waals surface area contributed by atoms with E-state index in [2.05, 4.69) is 15.4 Å². The van der Waals surface area contributed by atoms with E-state index in [1.165, 1.54) is 16.7 Å². The van der Waals surface area contributed by atoms with Crippen LogP contribution in [-0.4, -0.2) is 88.3 Å². The molecule has 17 heteroatoms. The van der Waals surface area contributed by atoms with E-state index in [0.29, 0.717) is 6.20 Å². The van der Waals surface area contributed by atoms with Crippen LogP contribution in [0.2, 0.25) is 0 Å². The Balaban J connectivity index is 1.27. The van der Waals surface area contributed by atoms with Gasteiger partial charge in [0.05, 0.1) is 43.1 Å². The van der Waals surface area contributed by atoms with Crippen molar-refractivity contribution in [3.63, 3.8) is 0 Å². The number of anilines is 1. The fourth-order valence-corrected chi connectivity index (χ4v) is 4.36. The second-order valence-electron chi connectivity index (χ2n) is 9.23. The standard InChI is InChI=1S/C23H24F6N6O5/c1-12(32-15-8-31-33-20(37)18(15)23(27,28)29)10-39-5-2-17(36)34-3-4-35-14(9-34)11-40-16-6-13(22(24,25)26)7-30-19(16)21(35)38/h6-8,12,14H,2-5,9-11H2,1H3,(H2,32,33,37)/t12?,14-/m1/s1.